The topological polar surface area (TPSA) is 37.3 Å². The van der Waals surface area contributed by atoms with Gasteiger partial charge in [0.1, 0.15) is 0 Å². The molecule has 0 fully saturated rings. The Hall–Kier alpha value is -2.09. The quantitative estimate of drug-likeness (QED) is 0.0627. The van der Waals surface area contributed by atoms with Crippen molar-refractivity contribution in [1.82, 2.24) is 0 Å². The van der Waals surface area contributed by atoms with Crippen LogP contribution in [0.3, 0.4) is 0 Å². The molecule has 0 aliphatic rings. The number of allylic oxidation sites excluding steroid dienone is 12. The second-order valence-electron chi connectivity index (χ2n) is 10.4. The minimum atomic E-state index is -0.658. The lowest BCUT2D eigenvalue weighted by Gasteiger charge is -2.03. The Balaban J connectivity index is 3.32. The fourth-order valence-electron chi connectivity index (χ4n) is 4.26. The molecule has 0 aromatic carbocycles. The first-order valence-electron chi connectivity index (χ1n) is 15.9. The average Bonchev–Trinajstić information content (AvgIpc) is 2.91. The predicted octanol–water partition coefficient (Wildman–Crippen LogP) is 12.0. The van der Waals surface area contributed by atoms with Gasteiger partial charge in [-0.25, -0.2) is 0 Å². The molecule has 1 N–H and O–H groups in total. The Morgan fingerprint density at radius 1 is 0.447 bits per heavy atom. The van der Waals surface area contributed by atoms with E-state index in [1.165, 1.54) is 96.3 Å². The van der Waals surface area contributed by atoms with Gasteiger partial charge in [-0.15, -0.1) is 0 Å². The summed E-state index contributed by atoms with van der Waals surface area (Å²) >= 11 is 0. The number of aliphatic carboxylic acids is 1. The predicted molar refractivity (Wildman–Crippen MR) is 170 cm³/mol. The molecule has 0 aromatic rings. The van der Waals surface area contributed by atoms with Crippen molar-refractivity contribution in [3.05, 3.63) is 72.9 Å². The van der Waals surface area contributed by atoms with E-state index >= 15 is 0 Å². The normalized spacial score (nSPS) is 12.7. The zero-order valence-corrected chi connectivity index (χ0v) is 24.8. The second kappa shape index (κ2) is 32.9. The van der Waals surface area contributed by atoms with E-state index in [0.717, 1.165) is 38.5 Å². The highest BCUT2D eigenvalue weighted by atomic mass is 16.4. The zero-order chi connectivity index (χ0) is 27.6. The molecule has 0 unspecified atom stereocenters. The highest BCUT2D eigenvalue weighted by molar-refractivity contribution is 5.66. The number of hydrogen-bond donors (Lipinski definition) is 1. The van der Waals surface area contributed by atoms with E-state index in [2.05, 4.69) is 79.8 Å². The Kier molecular flexibility index (Phi) is 31.1. The lowest BCUT2D eigenvalue weighted by atomic mass is 10.0. The monoisotopic (exact) mass is 524 g/mol. The van der Waals surface area contributed by atoms with Gasteiger partial charge in [-0.1, -0.05) is 163 Å². The number of carbonyl (C=O) groups is 1. The van der Waals surface area contributed by atoms with E-state index in [1.807, 2.05) is 0 Å². The van der Waals surface area contributed by atoms with Gasteiger partial charge in [0, 0.05) is 6.42 Å². The Morgan fingerprint density at radius 3 is 1.26 bits per heavy atom. The highest BCUT2D eigenvalue weighted by Crippen LogP contribution is 2.14. The van der Waals surface area contributed by atoms with Crippen molar-refractivity contribution < 1.29 is 9.90 Å². The molecule has 0 amide bonds. The zero-order valence-electron chi connectivity index (χ0n) is 24.8. The third kappa shape index (κ3) is 33.9. The maximum Gasteiger partial charge on any atom is 0.303 e. The van der Waals surface area contributed by atoms with Crippen LogP contribution < -0.4 is 0 Å². The van der Waals surface area contributed by atoms with Gasteiger partial charge in [-0.05, 0) is 51.4 Å². The SMILES string of the molecule is CCCC=CC=CCC=CCC=CCC=CCC=CCCCCCCCCCCCCCCCCC(=O)O. The number of carboxylic acid groups (broad SMARTS) is 1. The summed E-state index contributed by atoms with van der Waals surface area (Å²) in [4.78, 5) is 10.5. The van der Waals surface area contributed by atoms with E-state index in [-0.39, 0.29) is 0 Å². The molecule has 0 radical (unpaired) electrons. The van der Waals surface area contributed by atoms with Crippen molar-refractivity contribution >= 4 is 5.97 Å². The molecule has 0 rings (SSSR count). The number of rotatable bonds is 28. The van der Waals surface area contributed by atoms with Crippen molar-refractivity contribution in [3.63, 3.8) is 0 Å². The first-order valence-corrected chi connectivity index (χ1v) is 15.9. The summed E-state index contributed by atoms with van der Waals surface area (Å²) in [6, 6.07) is 0. The summed E-state index contributed by atoms with van der Waals surface area (Å²) < 4.78 is 0. The molecule has 0 spiro atoms. The fourth-order valence-corrected chi connectivity index (χ4v) is 4.26. The Labute approximate surface area is 236 Å². The van der Waals surface area contributed by atoms with Gasteiger partial charge >= 0.3 is 5.97 Å². The molecule has 0 saturated carbocycles. The second-order valence-corrected chi connectivity index (χ2v) is 10.4. The minimum Gasteiger partial charge on any atom is -0.481 e. The van der Waals surface area contributed by atoms with Crippen molar-refractivity contribution in [1.29, 1.82) is 0 Å². The molecule has 0 heterocycles. The van der Waals surface area contributed by atoms with E-state index in [1.54, 1.807) is 0 Å². The first-order chi connectivity index (χ1) is 18.8. The summed E-state index contributed by atoms with van der Waals surface area (Å²) in [6.45, 7) is 2.20. The van der Waals surface area contributed by atoms with Crippen LogP contribution in [0.1, 0.15) is 148 Å². The van der Waals surface area contributed by atoms with Crippen LogP contribution in [0.25, 0.3) is 0 Å². The molecule has 0 aliphatic heterocycles. The minimum absolute atomic E-state index is 0.336. The van der Waals surface area contributed by atoms with Gasteiger partial charge in [0.15, 0.2) is 0 Å². The smallest absolute Gasteiger partial charge is 0.303 e. The number of hydrogen-bond acceptors (Lipinski definition) is 1. The molecular weight excluding hydrogens is 464 g/mol. The molecule has 0 atom stereocenters. The first kappa shape index (κ1) is 35.9. The summed E-state index contributed by atoms with van der Waals surface area (Å²) in [5.41, 5.74) is 0. The number of unbranched alkanes of at least 4 members (excludes halogenated alkanes) is 15. The van der Waals surface area contributed by atoms with Gasteiger partial charge in [-0.2, -0.15) is 0 Å². The molecular formula is C36H60O2. The van der Waals surface area contributed by atoms with Crippen LogP contribution in [0, 0.1) is 0 Å². The lowest BCUT2D eigenvalue weighted by Crippen LogP contribution is -1.93. The summed E-state index contributed by atoms with van der Waals surface area (Å²) in [5, 5.41) is 8.62. The van der Waals surface area contributed by atoms with Crippen LogP contribution in [0.4, 0.5) is 0 Å². The molecule has 0 aromatic heterocycles. The van der Waals surface area contributed by atoms with Gasteiger partial charge in [-0.3, -0.25) is 4.79 Å². The average molecular weight is 525 g/mol. The van der Waals surface area contributed by atoms with Gasteiger partial charge in [0.2, 0.25) is 0 Å². The molecule has 38 heavy (non-hydrogen) atoms. The summed E-state index contributed by atoms with van der Waals surface area (Å²) in [7, 11) is 0. The molecule has 0 saturated heterocycles. The van der Waals surface area contributed by atoms with E-state index in [0.29, 0.717) is 6.42 Å². The Bertz CT molecular complexity index is 663. The molecule has 2 nitrogen and oxygen atoms in total. The fraction of sp³-hybridized carbons (Fsp3) is 0.639. The maximum absolute atomic E-state index is 10.5. The van der Waals surface area contributed by atoms with Gasteiger partial charge in [0.05, 0.1) is 0 Å². The van der Waals surface area contributed by atoms with Crippen molar-refractivity contribution in [2.75, 3.05) is 0 Å². The van der Waals surface area contributed by atoms with E-state index in [9.17, 15) is 4.79 Å². The molecule has 216 valence electrons. The standard InChI is InChI=1S/C36H60O2/c1-2-3-4-5-6-7-8-9-10-11-12-13-14-15-16-17-18-19-20-21-22-23-24-25-26-27-28-29-30-31-32-33-34-35-36(37)38/h4-7,9-10,12-13,15-16,18-19H,2-3,8,11,14,17,20-35H2,1H3,(H,37,38). The maximum atomic E-state index is 10.5. The van der Waals surface area contributed by atoms with Crippen LogP contribution in [-0.2, 0) is 4.79 Å². The van der Waals surface area contributed by atoms with Crippen molar-refractivity contribution in [2.24, 2.45) is 0 Å². The van der Waals surface area contributed by atoms with Crippen LogP contribution in [0.5, 0.6) is 0 Å². The van der Waals surface area contributed by atoms with Crippen LogP contribution in [0.15, 0.2) is 72.9 Å². The van der Waals surface area contributed by atoms with Gasteiger partial charge < -0.3 is 5.11 Å². The molecule has 2 heteroatoms. The number of carboxylic acids is 1. The summed E-state index contributed by atoms with van der Waals surface area (Å²) in [6.07, 6.45) is 53.0. The van der Waals surface area contributed by atoms with Crippen LogP contribution in [-0.4, -0.2) is 11.1 Å². The molecule has 0 bridgehead atoms. The molecule has 0 aliphatic carbocycles. The van der Waals surface area contributed by atoms with Crippen LogP contribution in [0.2, 0.25) is 0 Å². The van der Waals surface area contributed by atoms with Crippen molar-refractivity contribution in [2.45, 2.75) is 148 Å². The van der Waals surface area contributed by atoms with E-state index < -0.39 is 5.97 Å². The lowest BCUT2D eigenvalue weighted by molar-refractivity contribution is -0.137. The van der Waals surface area contributed by atoms with Crippen LogP contribution >= 0.6 is 0 Å². The van der Waals surface area contributed by atoms with E-state index in [4.69, 9.17) is 5.11 Å². The largest absolute Gasteiger partial charge is 0.481 e. The van der Waals surface area contributed by atoms with Gasteiger partial charge in [0.25, 0.3) is 0 Å². The third-order valence-electron chi connectivity index (χ3n) is 6.61. The Morgan fingerprint density at radius 2 is 0.816 bits per heavy atom. The van der Waals surface area contributed by atoms with Crippen molar-refractivity contribution in [3.8, 4) is 0 Å². The third-order valence-corrected chi connectivity index (χ3v) is 6.61. The highest BCUT2D eigenvalue weighted by Gasteiger charge is 1.97. The summed E-state index contributed by atoms with van der Waals surface area (Å²) in [5.74, 6) is -0.658.